The molecule has 3 aromatic rings. The van der Waals surface area contributed by atoms with Crippen molar-refractivity contribution in [2.75, 3.05) is 0 Å². The monoisotopic (exact) mass is 377 g/mol. The van der Waals surface area contributed by atoms with Crippen LogP contribution in [0.15, 0.2) is 60.7 Å². The molecule has 2 amide bonds. The number of carbonyl (C=O) groups is 2. The summed E-state index contributed by atoms with van der Waals surface area (Å²) in [7, 11) is 0. The molecular weight excluding hydrogens is 354 g/mol. The van der Waals surface area contributed by atoms with Gasteiger partial charge < -0.3 is 0 Å². The van der Waals surface area contributed by atoms with Crippen LogP contribution in [0.2, 0.25) is 0 Å². The number of aromatic nitrogens is 3. The van der Waals surface area contributed by atoms with Crippen LogP contribution >= 0.6 is 0 Å². The first-order valence-corrected chi connectivity index (χ1v) is 9.21. The Morgan fingerprint density at radius 1 is 0.964 bits per heavy atom. The fraction of sp³-hybridized carbons (Fsp3) is 0.238. The molecule has 0 atom stereocenters. The first kappa shape index (κ1) is 19.3. The summed E-state index contributed by atoms with van der Waals surface area (Å²) in [6, 6.07) is 19.0. The van der Waals surface area contributed by atoms with E-state index in [0.717, 1.165) is 17.7 Å². The van der Waals surface area contributed by atoms with E-state index in [-0.39, 0.29) is 11.7 Å². The van der Waals surface area contributed by atoms with E-state index in [1.807, 2.05) is 74.5 Å². The number of hydrogen-bond acceptors (Lipinski definition) is 4. The quantitative estimate of drug-likeness (QED) is 0.646. The topological polar surface area (TPSA) is 88.9 Å². The van der Waals surface area contributed by atoms with Gasteiger partial charge in [0.05, 0.1) is 5.69 Å². The molecule has 1 heterocycles. The molecule has 0 saturated carbocycles. The molecule has 28 heavy (non-hydrogen) atoms. The third-order valence-electron chi connectivity index (χ3n) is 4.11. The van der Waals surface area contributed by atoms with E-state index in [9.17, 15) is 9.59 Å². The summed E-state index contributed by atoms with van der Waals surface area (Å²) >= 11 is 0. The number of carbonyl (C=O) groups excluding carboxylic acids is 2. The third kappa shape index (κ3) is 4.82. The van der Waals surface area contributed by atoms with Crippen molar-refractivity contribution in [1.29, 1.82) is 0 Å². The molecule has 2 aromatic carbocycles. The minimum absolute atomic E-state index is 0.0214. The van der Waals surface area contributed by atoms with Crippen LogP contribution < -0.4 is 10.9 Å². The van der Waals surface area contributed by atoms with Crippen molar-refractivity contribution in [3.63, 3.8) is 0 Å². The van der Waals surface area contributed by atoms with Gasteiger partial charge in [0.15, 0.2) is 5.82 Å². The molecule has 0 aliphatic carbocycles. The standard InChI is InChI=1S/C21H23N5O2/c1-15(2)13-14-18(27)23-24-21(28)19-22-20(16-9-5-3-6-10-16)26(25-19)17-11-7-4-8-12-17/h3-12,15H,13-14H2,1-2H3,(H,23,27)(H,24,28). The zero-order chi connectivity index (χ0) is 19.9. The maximum Gasteiger partial charge on any atom is 0.309 e. The Labute approximate surface area is 163 Å². The second kappa shape index (κ2) is 8.94. The first-order valence-electron chi connectivity index (χ1n) is 9.21. The van der Waals surface area contributed by atoms with Crippen LogP contribution in [0.1, 0.15) is 37.3 Å². The highest BCUT2D eigenvalue weighted by Gasteiger charge is 2.19. The maximum absolute atomic E-state index is 12.5. The van der Waals surface area contributed by atoms with Crippen molar-refractivity contribution in [3.05, 3.63) is 66.5 Å². The number of nitrogens with one attached hydrogen (secondary N) is 2. The van der Waals surface area contributed by atoms with Crippen molar-refractivity contribution in [1.82, 2.24) is 25.6 Å². The lowest BCUT2D eigenvalue weighted by Gasteiger charge is -2.06. The zero-order valence-electron chi connectivity index (χ0n) is 15.9. The molecule has 0 bridgehead atoms. The zero-order valence-corrected chi connectivity index (χ0v) is 15.9. The van der Waals surface area contributed by atoms with Gasteiger partial charge in [-0.05, 0) is 24.5 Å². The van der Waals surface area contributed by atoms with Crippen LogP contribution in [0.25, 0.3) is 17.1 Å². The fourth-order valence-corrected chi connectivity index (χ4v) is 2.60. The van der Waals surface area contributed by atoms with Gasteiger partial charge in [0.25, 0.3) is 0 Å². The highest BCUT2D eigenvalue weighted by molar-refractivity contribution is 5.92. The van der Waals surface area contributed by atoms with Gasteiger partial charge in [-0.3, -0.25) is 20.4 Å². The molecule has 0 aliphatic rings. The maximum atomic E-state index is 12.5. The third-order valence-corrected chi connectivity index (χ3v) is 4.11. The van der Waals surface area contributed by atoms with E-state index in [2.05, 4.69) is 20.9 Å². The van der Waals surface area contributed by atoms with Gasteiger partial charge in [-0.1, -0.05) is 62.4 Å². The average molecular weight is 377 g/mol. The Kier molecular flexibility index (Phi) is 6.16. The van der Waals surface area contributed by atoms with Crippen molar-refractivity contribution in [2.24, 2.45) is 5.92 Å². The van der Waals surface area contributed by atoms with E-state index in [0.29, 0.717) is 18.2 Å². The van der Waals surface area contributed by atoms with E-state index in [1.54, 1.807) is 4.68 Å². The van der Waals surface area contributed by atoms with Gasteiger partial charge in [0.1, 0.15) is 0 Å². The van der Waals surface area contributed by atoms with E-state index < -0.39 is 5.91 Å². The summed E-state index contributed by atoms with van der Waals surface area (Å²) in [5.41, 5.74) is 6.42. The molecule has 0 unspecified atom stereocenters. The predicted molar refractivity (Wildman–Crippen MR) is 106 cm³/mol. The molecule has 0 fully saturated rings. The lowest BCUT2D eigenvalue weighted by atomic mass is 10.1. The highest BCUT2D eigenvalue weighted by Crippen LogP contribution is 2.20. The summed E-state index contributed by atoms with van der Waals surface area (Å²) in [4.78, 5) is 28.7. The number of amides is 2. The molecule has 0 saturated heterocycles. The number of benzene rings is 2. The van der Waals surface area contributed by atoms with Crippen LogP contribution in [0.5, 0.6) is 0 Å². The Balaban J connectivity index is 1.81. The summed E-state index contributed by atoms with van der Waals surface area (Å²) in [5.74, 6) is 0.130. The van der Waals surface area contributed by atoms with Gasteiger partial charge in [0, 0.05) is 12.0 Å². The van der Waals surface area contributed by atoms with Crippen LogP contribution in [0.4, 0.5) is 0 Å². The number of hydrazine groups is 1. The van der Waals surface area contributed by atoms with Gasteiger partial charge in [-0.25, -0.2) is 9.67 Å². The molecule has 2 N–H and O–H groups in total. The minimum atomic E-state index is -0.565. The molecule has 144 valence electrons. The first-order chi connectivity index (χ1) is 13.5. The molecule has 0 radical (unpaired) electrons. The van der Waals surface area contributed by atoms with E-state index in [1.165, 1.54) is 0 Å². The smallest absolute Gasteiger partial charge is 0.273 e. The van der Waals surface area contributed by atoms with Gasteiger partial charge in [-0.15, -0.1) is 5.10 Å². The molecular formula is C21H23N5O2. The van der Waals surface area contributed by atoms with Crippen molar-refractivity contribution >= 4 is 11.8 Å². The number of para-hydroxylation sites is 1. The SMILES string of the molecule is CC(C)CCC(=O)NNC(=O)c1nc(-c2ccccc2)n(-c2ccccc2)n1. The average Bonchev–Trinajstić information content (AvgIpc) is 3.17. The Morgan fingerprint density at radius 2 is 1.61 bits per heavy atom. The van der Waals surface area contributed by atoms with Crippen LogP contribution in [-0.2, 0) is 4.79 Å². The largest absolute Gasteiger partial charge is 0.309 e. The molecule has 1 aromatic heterocycles. The van der Waals surface area contributed by atoms with Gasteiger partial charge >= 0.3 is 5.91 Å². The Morgan fingerprint density at radius 3 is 2.25 bits per heavy atom. The second-order valence-electron chi connectivity index (χ2n) is 6.81. The number of rotatable bonds is 6. The summed E-state index contributed by atoms with van der Waals surface area (Å²) in [5, 5.41) is 4.35. The van der Waals surface area contributed by atoms with Crippen molar-refractivity contribution < 1.29 is 9.59 Å². The van der Waals surface area contributed by atoms with E-state index >= 15 is 0 Å². The molecule has 7 nitrogen and oxygen atoms in total. The Hall–Kier alpha value is -3.48. The van der Waals surface area contributed by atoms with Gasteiger partial charge in [0.2, 0.25) is 11.7 Å². The Bertz CT molecular complexity index is 879. The van der Waals surface area contributed by atoms with Crippen LogP contribution in [0.3, 0.4) is 0 Å². The molecule has 3 rings (SSSR count). The normalized spacial score (nSPS) is 10.7. The summed E-state index contributed by atoms with van der Waals surface area (Å²) < 4.78 is 1.62. The predicted octanol–water partition coefficient (Wildman–Crippen LogP) is 3.13. The molecule has 7 heteroatoms. The lowest BCUT2D eigenvalue weighted by Crippen LogP contribution is -2.42. The number of hydrogen-bond donors (Lipinski definition) is 2. The van der Waals surface area contributed by atoms with Crippen LogP contribution in [-0.4, -0.2) is 26.6 Å². The van der Waals surface area contributed by atoms with Gasteiger partial charge in [-0.2, -0.15) is 0 Å². The second-order valence-corrected chi connectivity index (χ2v) is 6.81. The van der Waals surface area contributed by atoms with Crippen molar-refractivity contribution in [3.8, 4) is 17.1 Å². The van der Waals surface area contributed by atoms with Crippen LogP contribution in [0, 0.1) is 5.92 Å². The highest BCUT2D eigenvalue weighted by atomic mass is 16.2. The minimum Gasteiger partial charge on any atom is -0.273 e. The van der Waals surface area contributed by atoms with E-state index in [4.69, 9.17) is 0 Å². The summed E-state index contributed by atoms with van der Waals surface area (Å²) in [6.07, 6.45) is 1.10. The summed E-state index contributed by atoms with van der Waals surface area (Å²) in [6.45, 7) is 4.08. The molecule has 0 spiro atoms. The van der Waals surface area contributed by atoms with Crippen molar-refractivity contribution in [2.45, 2.75) is 26.7 Å². The number of nitrogens with zero attached hydrogens (tertiary/aromatic N) is 3. The fourth-order valence-electron chi connectivity index (χ4n) is 2.60. The lowest BCUT2D eigenvalue weighted by molar-refractivity contribution is -0.122. The molecule has 0 aliphatic heterocycles.